The molecule has 1 aliphatic rings. The highest BCUT2D eigenvalue weighted by molar-refractivity contribution is 6.48. The van der Waals surface area contributed by atoms with Crippen LogP contribution in [0.3, 0.4) is 0 Å². The van der Waals surface area contributed by atoms with Gasteiger partial charge in [0.15, 0.2) is 0 Å². The van der Waals surface area contributed by atoms with Crippen molar-refractivity contribution in [3.8, 4) is 0 Å². The van der Waals surface area contributed by atoms with Gasteiger partial charge >= 0.3 is 5.97 Å². The van der Waals surface area contributed by atoms with Crippen molar-refractivity contribution in [2.75, 3.05) is 17.7 Å². The van der Waals surface area contributed by atoms with Crippen LogP contribution in [0.1, 0.15) is 31.8 Å². The number of imide groups is 1. The lowest BCUT2D eigenvalue weighted by Gasteiger charge is -2.16. The Morgan fingerprint density at radius 1 is 0.917 bits per heavy atom. The zero-order valence-corrected chi connectivity index (χ0v) is 20.3. The summed E-state index contributed by atoms with van der Waals surface area (Å²) in [4.78, 5) is 51.7. The third kappa shape index (κ3) is 4.99. The Hall–Kier alpha value is -4.43. The van der Waals surface area contributed by atoms with E-state index in [4.69, 9.17) is 16.3 Å². The summed E-state index contributed by atoms with van der Waals surface area (Å²) >= 11 is 6.24. The van der Waals surface area contributed by atoms with E-state index in [-0.39, 0.29) is 28.4 Å². The molecule has 3 aromatic rings. The minimum Gasteiger partial charge on any atom is -0.465 e. The molecule has 182 valence electrons. The first-order valence-electron chi connectivity index (χ1n) is 11.0. The number of nitrogens with one attached hydrogen (secondary N) is 2. The number of amides is 3. The summed E-state index contributed by atoms with van der Waals surface area (Å²) in [6.45, 7) is 1.87. The number of halogens is 1. The molecule has 9 heteroatoms. The molecule has 3 amide bonds. The fourth-order valence-electron chi connectivity index (χ4n) is 3.67. The zero-order chi connectivity index (χ0) is 25.8. The Balaban J connectivity index is 1.55. The van der Waals surface area contributed by atoms with Crippen molar-refractivity contribution in [3.63, 3.8) is 0 Å². The Kier molecular flexibility index (Phi) is 7.17. The molecule has 0 radical (unpaired) electrons. The van der Waals surface area contributed by atoms with Crippen LogP contribution in [0.2, 0.25) is 0 Å². The molecule has 2 N–H and O–H groups in total. The molecule has 36 heavy (non-hydrogen) atoms. The second kappa shape index (κ2) is 10.5. The van der Waals surface area contributed by atoms with Gasteiger partial charge in [0.2, 0.25) is 0 Å². The predicted octanol–water partition coefficient (Wildman–Crippen LogP) is 4.47. The van der Waals surface area contributed by atoms with E-state index in [2.05, 4.69) is 10.6 Å². The normalized spacial score (nSPS) is 13.1. The van der Waals surface area contributed by atoms with Crippen molar-refractivity contribution in [1.82, 2.24) is 4.90 Å². The monoisotopic (exact) mass is 503 g/mol. The number of hydrogen-bond acceptors (Lipinski definition) is 6. The van der Waals surface area contributed by atoms with E-state index >= 15 is 0 Å². The summed E-state index contributed by atoms with van der Waals surface area (Å²) in [5.74, 6) is -2.22. The maximum atomic E-state index is 13.0. The first-order chi connectivity index (χ1) is 17.3. The van der Waals surface area contributed by atoms with Gasteiger partial charge in [-0.15, -0.1) is 0 Å². The summed E-state index contributed by atoms with van der Waals surface area (Å²) in [5.41, 5.74) is 2.64. The number of rotatable bonds is 7. The van der Waals surface area contributed by atoms with E-state index in [1.165, 1.54) is 7.11 Å². The van der Waals surface area contributed by atoms with Gasteiger partial charge in [-0.05, 0) is 42.3 Å². The lowest BCUT2D eigenvalue weighted by Crippen LogP contribution is -2.31. The van der Waals surface area contributed by atoms with Gasteiger partial charge in [-0.1, -0.05) is 60.1 Å². The molecule has 8 nitrogen and oxygen atoms in total. The number of esters is 1. The van der Waals surface area contributed by atoms with E-state index in [9.17, 15) is 19.2 Å². The average molecular weight is 504 g/mol. The number of ether oxygens (including phenoxy) is 1. The number of benzene rings is 3. The first-order valence-corrected chi connectivity index (χ1v) is 11.3. The molecule has 1 aliphatic heterocycles. The Labute approximate surface area is 212 Å². The third-order valence-corrected chi connectivity index (χ3v) is 5.99. The standard InChI is InChI=1S/C27H22ClN3O5/c1-16-12-13-18(24(32)30-20-11-7-6-10-19(20)27(35)36-2)14-21(16)29-23-22(28)25(33)31(26(23)34)15-17-8-4-3-5-9-17/h3-14,29H,15H2,1-2H3,(H,30,32). The highest BCUT2D eigenvalue weighted by atomic mass is 35.5. The number of nitrogens with zero attached hydrogens (tertiary/aromatic N) is 1. The fourth-order valence-corrected chi connectivity index (χ4v) is 3.90. The number of para-hydroxylation sites is 1. The van der Waals surface area contributed by atoms with Crippen molar-refractivity contribution >= 4 is 46.7 Å². The molecule has 0 aliphatic carbocycles. The summed E-state index contributed by atoms with van der Waals surface area (Å²) in [6, 6.07) is 20.4. The highest BCUT2D eigenvalue weighted by Crippen LogP contribution is 2.29. The Morgan fingerprint density at radius 3 is 2.33 bits per heavy atom. The molecule has 3 aromatic carbocycles. The topological polar surface area (TPSA) is 105 Å². The number of hydrogen-bond donors (Lipinski definition) is 2. The third-order valence-electron chi connectivity index (χ3n) is 5.63. The van der Waals surface area contributed by atoms with Crippen LogP contribution in [0.25, 0.3) is 0 Å². The van der Waals surface area contributed by atoms with E-state index in [1.54, 1.807) is 49.4 Å². The minimum atomic E-state index is -0.598. The van der Waals surface area contributed by atoms with Gasteiger partial charge < -0.3 is 15.4 Å². The molecular weight excluding hydrogens is 482 g/mol. The molecule has 0 unspecified atom stereocenters. The molecule has 0 aromatic heterocycles. The number of anilines is 2. The minimum absolute atomic E-state index is 0.0608. The van der Waals surface area contributed by atoms with Crippen molar-refractivity contribution in [1.29, 1.82) is 0 Å². The van der Waals surface area contributed by atoms with Gasteiger partial charge in [-0.2, -0.15) is 0 Å². The Bertz CT molecular complexity index is 1400. The maximum absolute atomic E-state index is 13.0. The van der Waals surface area contributed by atoms with Crippen LogP contribution in [0.4, 0.5) is 11.4 Å². The molecule has 1 heterocycles. The molecule has 4 rings (SSSR count). The van der Waals surface area contributed by atoms with Gasteiger partial charge in [0, 0.05) is 11.3 Å². The molecular formula is C27H22ClN3O5. The van der Waals surface area contributed by atoms with Gasteiger partial charge in [0.1, 0.15) is 10.7 Å². The van der Waals surface area contributed by atoms with E-state index < -0.39 is 23.7 Å². The van der Waals surface area contributed by atoms with Crippen LogP contribution in [0, 0.1) is 6.92 Å². The van der Waals surface area contributed by atoms with Crippen molar-refractivity contribution in [2.24, 2.45) is 0 Å². The number of aryl methyl sites for hydroxylation is 1. The van der Waals surface area contributed by atoms with Crippen LogP contribution < -0.4 is 10.6 Å². The van der Waals surface area contributed by atoms with Crippen LogP contribution in [0.5, 0.6) is 0 Å². The summed E-state index contributed by atoms with van der Waals surface area (Å²) in [6.07, 6.45) is 0. The van der Waals surface area contributed by atoms with Crippen molar-refractivity contribution in [2.45, 2.75) is 13.5 Å². The number of methoxy groups -OCH3 is 1. The van der Waals surface area contributed by atoms with Crippen LogP contribution in [0.15, 0.2) is 83.5 Å². The quantitative estimate of drug-likeness (QED) is 0.364. The van der Waals surface area contributed by atoms with Crippen LogP contribution in [-0.2, 0) is 20.9 Å². The number of carbonyl (C=O) groups is 4. The largest absolute Gasteiger partial charge is 0.465 e. The zero-order valence-electron chi connectivity index (χ0n) is 19.5. The second-order valence-electron chi connectivity index (χ2n) is 8.02. The lowest BCUT2D eigenvalue weighted by molar-refractivity contribution is -0.138. The summed E-state index contributed by atoms with van der Waals surface area (Å²) in [5, 5.41) is 5.42. The molecule has 0 saturated carbocycles. The van der Waals surface area contributed by atoms with E-state index in [1.807, 2.05) is 30.3 Å². The van der Waals surface area contributed by atoms with Gasteiger partial charge in [0.25, 0.3) is 17.7 Å². The van der Waals surface area contributed by atoms with Crippen molar-refractivity contribution < 1.29 is 23.9 Å². The fraction of sp³-hybridized carbons (Fsp3) is 0.111. The smallest absolute Gasteiger partial charge is 0.339 e. The van der Waals surface area contributed by atoms with Crippen molar-refractivity contribution in [3.05, 3.63) is 106 Å². The molecule has 0 saturated heterocycles. The van der Waals surface area contributed by atoms with Gasteiger partial charge in [-0.25, -0.2) is 4.79 Å². The first kappa shape index (κ1) is 24.7. The SMILES string of the molecule is COC(=O)c1ccccc1NC(=O)c1ccc(C)c(NC2=C(Cl)C(=O)N(Cc3ccccc3)C2=O)c1. The van der Waals surface area contributed by atoms with E-state index in [0.717, 1.165) is 16.0 Å². The summed E-state index contributed by atoms with van der Waals surface area (Å²) < 4.78 is 4.77. The van der Waals surface area contributed by atoms with Crippen LogP contribution in [-0.4, -0.2) is 35.7 Å². The Morgan fingerprint density at radius 2 is 1.61 bits per heavy atom. The molecule has 0 spiro atoms. The maximum Gasteiger partial charge on any atom is 0.339 e. The second-order valence-corrected chi connectivity index (χ2v) is 8.39. The molecule has 0 bridgehead atoms. The summed E-state index contributed by atoms with van der Waals surface area (Å²) in [7, 11) is 1.26. The van der Waals surface area contributed by atoms with Gasteiger partial charge in [0.05, 0.1) is 24.9 Å². The predicted molar refractivity (Wildman–Crippen MR) is 135 cm³/mol. The molecule has 0 atom stereocenters. The van der Waals surface area contributed by atoms with Gasteiger partial charge in [-0.3, -0.25) is 19.3 Å². The highest BCUT2D eigenvalue weighted by Gasteiger charge is 2.38. The molecule has 0 fully saturated rings. The average Bonchev–Trinajstić information content (AvgIpc) is 3.08. The number of carbonyl (C=O) groups excluding carboxylic acids is 4. The van der Waals surface area contributed by atoms with Crippen LogP contribution >= 0.6 is 11.6 Å². The lowest BCUT2D eigenvalue weighted by atomic mass is 10.1. The van der Waals surface area contributed by atoms with E-state index in [0.29, 0.717) is 11.4 Å².